The summed E-state index contributed by atoms with van der Waals surface area (Å²) >= 11 is 0. The molecule has 0 saturated carbocycles. The minimum absolute atomic E-state index is 0. The molecule has 0 atom stereocenters. The average Bonchev–Trinajstić information content (AvgIpc) is 2.46. The van der Waals surface area contributed by atoms with Gasteiger partial charge in [0.05, 0.1) is 0 Å². The van der Waals surface area contributed by atoms with E-state index in [2.05, 4.69) is 4.98 Å². The van der Waals surface area contributed by atoms with Crippen LogP contribution in [0.5, 0.6) is 0 Å². The molecule has 0 bridgehead atoms. The van der Waals surface area contributed by atoms with Crippen LogP contribution < -0.4 is 0 Å². The van der Waals surface area contributed by atoms with E-state index in [0.717, 1.165) is 5.56 Å². The van der Waals surface area contributed by atoms with Gasteiger partial charge in [-0.1, -0.05) is 6.07 Å². The number of aryl methyl sites for hydroxylation is 1. The van der Waals surface area contributed by atoms with E-state index in [0.29, 0.717) is 11.1 Å². The molecule has 0 aliphatic rings. The second-order valence-corrected chi connectivity index (χ2v) is 2.80. The third-order valence-corrected chi connectivity index (χ3v) is 1.73. The molecule has 4 nitrogen and oxygen atoms in total. The second kappa shape index (κ2) is 4.13. The van der Waals surface area contributed by atoms with Gasteiger partial charge in [0.25, 0.3) is 0 Å². The molecular weight excluding hydrogens is 193 g/mol. The number of carbonyl (C=O) groups is 1. The molecular formula is C9H8NNaO3. The number of aromatic carboxylic acids is 1. The molecule has 0 radical (unpaired) electrons. The molecule has 2 aromatic rings. The predicted octanol–water partition coefficient (Wildman–Crippen LogP) is 1.19. The van der Waals surface area contributed by atoms with Gasteiger partial charge in [-0.05, 0) is 24.6 Å². The van der Waals surface area contributed by atoms with Crippen molar-refractivity contribution < 1.29 is 14.3 Å². The predicted molar refractivity (Wildman–Crippen MR) is 52.9 cm³/mol. The van der Waals surface area contributed by atoms with Crippen molar-refractivity contribution in [2.45, 2.75) is 6.92 Å². The maximum atomic E-state index is 10.5. The Morgan fingerprint density at radius 3 is 2.86 bits per heavy atom. The van der Waals surface area contributed by atoms with E-state index < -0.39 is 5.97 Å². The number of nitrogens with zero attached hydrogens (tertiary/aromatic N) is 1. The molecule has 0 unspecified atom stereocenters. The number of oxazole rings is 1. The van der Waals surface area contributed by atoms with E-state index >= 15 is 0 Å². The van der Waals surface area contributed by atoms with E-state index in [9.17, 15) is 4.79 Å². The Bertz CT molecular complexity index is 478. The second-order valence-electron chi connectivity index (χ2n) is 2.80. The van der Waals surface area contributed by atoms with Crippen molar-refractivity contribution in [3.63, 3.8) is 0 Å². The number of carboxylic acids is 1. The number of rotatable bonds is 1. The van der Waals surface area contributed by atoms with Gasteiger partial charge in [-0.15, -0.1) is 0 Å². The Morgan fingerprint density at radius 1 is 1.50 bits per heavy atom. The number of hydrogen-bond donors (Lipinski definition) is 1. The SMILES string of the molecule is Cc1ccc2oc(C(=O)O)nc2c1.[NaH]. The van der Waals surface area contributed by atoms with E-state index in [1.165, 1.54) is 0 Å². The van der Waals surface area contributed by atoms with E-state index in [1.54, 1.807) is 12.1 Å². The molecule has 0 saturated heterocycles. The van der Waals surface area contributed by atoms with Crippen molar-refractivity contribution in [2.24, 2.45) is 0 Å². The first-order chi connectivity index (χ1) is 6.16. The molecule has 0 amide bonds. The number of aromatic nitrogens is 1. The zero-order chi connectivity index (χ0) is 9.42. The Balaban J connectivity index is 0.000000980. The summed E-state index contributed by atoms with van der Waals surface area (Å²) in [7, 11) is 0. The van der Waals surface area contributed by atoms with Crippen LogP contribution in [0.1, 0.15) is 16.2 Å². The summed E-state index contributed by atoms with van der Waals surface area (Å²) < 4.78 is 4.97. The molecule has 1 aromatic carbocycles. The normalized spacial score (nSPS) is 9.79. The molecule has 1 heterocycles. The van der Waals surface area contributed by atoms with Crippen LogP contribution in [0.2, 0.25) is 0 Å². The zero-order valence-electron chi connectivity index (χ0n) is 6.94. The van der Waals surface area contributed by atoms with Gasteiger partial charge in [-0.25, -0.2) is 9.78 Å². The van der Waals surface area contributed by atoms with Crippen LogP contribution in [0.4, 0.5) is 0 Å². The fourth-order valence-electron chi connectivity index (χ4n) is 1.13. The summed E-state index contributed by atoms with van der Waals surface area (Å²) in [6.07, 6.45) is 0. The first-order valence-corrected chi connectivity index (χ1v) is 3.77. The summed E-state index contributed by atoms with van der Waals surface area (Å²) in [5.41, 5.74) is 2.11. The van der Waals surface area contributed by atoms with Crippen molar-refractivity contribution in [1.82, 2.24) is 4.98 Å². The van der Waals surface area contributed by atoms with Gasteiger partial charge in [0.1, 0.15) is 5.52 Å². The Hall–Kier alpha value is -0.840. The number of hydrogen-bond acceptors (Lipinski definition) is 3. The number of benzene rings is 1. The number of fused-ring (bicyclic) bond motifs is 1. The zero-order valence-corrected chi connectivity index (χ0v) is 6.94. The van der Waals surface area contributed by atoms with E-state index in [1.807, 2.05) is 13.0 Å². The van der Waals surface area contributed by atoms with Crippen LogP contribution in [0.25, 0.3) is 11.1 Å². The van der Waals surface area contributed by atoms with Gasteiger partial charge in [-0.2, -0.15) is 0 Å². The topological polar surface area (TPSA) is 63.3 Å². The Morgan fingerprint density at radius 2 is 2.21 bits per heavy atom. The molecule has 0 fully saturated rings. The molecule has 0 spiro atoms. The Kier molecular flexibility index (Phi) is 3.31. The van der Waals surface area contributed by atoms with Crippen LogP contribution in [0.15, 0.2) is 22.6 Å². The molecule has 5 heteroatoms. The molecule has 1 aromatic heterocycles. The average molecular weight is 201 g/mol. The standard InChI is InChI=1S/C9H7NO3.Na.H/c1-5-2-3-7-6(4-5)10-8(13-7)9(11)12;;/h2-4H,1H3,(H,11,12);;. The fraction of sp³-hybridized carbons (Fsp3) is 0.111. The van der Waals surface area contributed by atoms with Crippen LogP contribution in [0, 0.1) is 6.92 Å². The Labute approximate surface area is 102 Å². The first-order valence-electron chi connectivity index (χ1n) is 3.77. The third kappa shape index (κ3) is 1.97. The van der Waals surface area contributed by atoms with Crippen molar-refractivity contribution in [3.05, 3.63) is 29.7 Å². The minimum atomic E-state index is -1.14. The first kappa shape index (κ1) is 11.2. The van der Waals surface area contributed by atoms with Crippen molar-refractivity contribution in [1.29, 1.82) is 0 Å². The van der Waals surface area contributed by atoms with Gasteiger partial charge in [0, 0.05) is 0 Å². The van der Waals surface area contributed by atoms with Crippen LogP contribution in [0.3, 0.4) is 0 Å². The number of carboxylic acid groups (broad SMARTS) is 1. The summed E-state index contributed by atoms with van der Waals surface area (Å²) in [6.45, 7) is 1.91. The van der Waals surface area contributed by atoms with Crippen LogP contribution in [-0.2, 0) is 0 Å². The van der Waals surface area contributed by atoms with Gasteiger partial charge < -0.3 is 9.52 Å². The van der Waals surface area contributed by atoms with Crippen molar-refractivity contribution in [3.8, 4) is 0 Å². The third-order valence-electron chi connectivity index (χ3n) is 1.73. The van der Waals surface area contributed by atoms with Gasteiger partial charge >= 0.3 is 41.4 Å². The van der Waals surface area contributed by atoms with Gasteiger partial charge in [0.15, 0.2) is 5.58 Å². The quantitative estimate of drug-likeness (QED) is 0.704. The summed E-state index contributed by atoms with van der Waals surface area (Å²) in [5, 5.41) is 8.60. The van der Waals surface area contributed by atoms with Gasteiger partial charge in [-0.3, -0.25) is 0 Å². The van der Waals surface area contributed by atoms with Crippen molar-refractivity contribution in [2.75, 3.05) is 0 Å². The maximum absolute atomic E-state index is 10.5. The van der Waals surface area contributed by atoms with Crippen LogP contribution >= 0.6 is 0 Å². The molecule has 14 heavy (non-hydrogen) atoms. The molecule has 1 N–H and O–H groups in total. The van der Waals surface area contributed by atoms with Gasteiger partial charge in [0.2, 0.25) is 0 Å². The summed E-state index contributed by atoms with van der Waals surface area (Å²) in [5.74, 6) is -1.41. The monoisotopic (exact) mass is 201 g/mol. The molecule has 0 aliphatic carbocycles. The van der Waals surface area contributed by atoms with E-state index in [-0.39, 0.29) is 35.4 Å². The van der Waals surface area contributed by atoms with Crippen LogP contribution in [-0.4, -0.2) is 45.6 Å². The summed E-state index contributed by atoms with van der Waals surface area (Å²) in [6, 6.07) is 5.34. The molecule has 0 aliphatic heterocycles. The molecule has 2 rings (SSSR count). The fourth-order valence-corrected chi connectivity index (χ4v) is 1.13. The van der Waals surface area contributed by atoms with Crippen molar-refractivity contribution >= 4 is 46.6 Å². The van der Waals surface area contributed by atoms with E-state index in [4.69, 9.17) is 9.52 Å². The molecule has 68 valence electrons. The summed E-state index contributed by atoms with van der Waals surface area (Å²) in [4.78, 5) is 14.3.